The van der Waals surface area contributed by atoms with Crippen molar-refractivity contribution in [1.82, 2.24) is 0 Å². The van der Waals surface area contributed by atoms with Gasteiger partial charge in [0, 0.05) is 12.0 Å². The monoisotopic (exact) mass is 249 g/mol. The van der Waals surface area contributed by atoms with Crippen molar-refractivity contribution in [3.8, 4) is 5.75 Å². The Labute approximate surface area is 109 Å². The van der Waals surface area contributed by atoms with E-state index in [-0.39, 0.29) is 11.7 Å². The predicted octanol–water partition coefficient (Wildman–Crippen LogP) is 2.99. The van der Waals surface area contributed by atoms with E-state index in [4.69, 9.17) is 10.5 Å². The Hall–Kier alpha value is -1.35. The zero-order valence-corrected chi connectivity index (χ0v) is 11.7. The van der Waals surface area contributed by atoms with Crippen molar-refractivity contribution in [3.05, 3.63) is 29.3 Å². The van der Waals surface area contributed by atoms with Gasteiger partial charge >= 0.3 is 0 Å². The molecule has 0 aromatic heterocycles. The number of benzene rings is 1. The van der Waals surface area contributed by atoms with Crippen LogP contribution in [0.5, 0.6) is 5.75 Å². The van der Waals surface area contributed by atoms with Crippen LogP contribution in [0.25, 0.3) is 0 Å². The fraction of sp³-hybridized carbons (Fsp3) is 0.533. The average molecular weight is 249 g/mol. The van der Waals surface area contributed by atoms with Crippen molar-refractivity contribution in [1.29, 1.82) is 0 Å². The van der Waals surface area contributed by atoms with E-state index in [1.807, 2.05) is 25.1 Å². The van der Waals surface area contributed by atoms with Gasteiger partial charge in [0.25, 0.3) is 0 Å². The van der Waals surface area contributed by atoms with E-state index in [1.165, 1.54) is 0 Å². The third-order valence-electron chi connectivity index (χ3n) is 3.11. The minimum Gasteiger partial charge on any atom is -0.496 e. The fourth-order valence-electron chi connectivity index (χ4n) is 1.88. The smallest absolute Gasteiger partial charge is 0.163 e. The van der Waals surface area contributed by atoms with Gasteiger partial charge in [0.1, 0.15) is 5.75 Å². The lowest BCUT2D eigenvalue weighted by Crippen LogP contribution is -2.15. The van der Waals surface area contributed by atoms with Gasteiger partial charge in [0.05, 0.1) is 7.11 Å². The highest BCUT2D eigenvalue weighted by molar-refractivity contribution is 5.96. The summed E-state index contributed by atoms with van der Waals surface area (Å²) in [6, 6.07) is 5.64. The summed E-state index contributed by atoms with van der Waals surface area (Å²) in [5, 5.41) is 0. The molecule has 0 radical (unpaired) electrons. The van der Waals surface area contributed by atoms with Gasteiger partial charge < -0.3 is 10.5 Å². The lowest BCUT2D eigenvalue weighted by Gasteiger charge is -2.14. The second-order valence-corrected chi connectivity index (χ2v) is 5.08. The molecule has 0 aliphatic rings. The molecule has 3 heteroatoms. The number of rotatable bonds is 6. The maximum atomic E-state index is 12.1. The van der Waals surface area contributed by atoms with Crippen molar-refractivity contribution >= 4 is 5.78 Å². The Morgan fingerprint density at radius 2 is 2.00 bits per heavy atom. The molecule has 0 bridgehead atoms. The molecule has 0 amide bonds. The van der Waals surface area contributed by atoms with Crippen molar-refractivity contribution < 1.29 is 9.53 Å². The Bertz CT molecular complexity index is 413. The van der Waals surface area contributed by atoms with Gasteiger partial charge in [0.15, 0.2) is 5.78 Å². The van der Waals surface area contributed by atoms with E-state index in [2.05, 4.69) is 13.8 Å². The summed E-state index contributed by atoms with van der Waals surface area (Å²) < 4.78 is 5.31. The van der Waals surface area contributed by atoms with Gasteiger partial charge in [0.2, 0.25) is 0 Å². The van der Waals surface area contributed by atoms with Crippen molar-refractivity contribution in [2.75, 3.05) is 13.7 Å². The molecular weight excluding hydrogens is 226 g/mol. The highest BCUT2D eigenvalue weighted by atomic mass is 16.5. The Balaban J connectivity index is 2.97. The largest absolute Gasteiger partial charge is 0.496 e. The van der Waals surface area contributed by atoms with E-state index in [0.717, 1.165) is 16.9 Å². The first kappa shape index (κ1) is 14.7. The Kier molecular flexibility index (Phi) is 5.35. The maximum Gasteiger partial charge on any atom is 0.163 e. The summed E-state index contributed by atoms with van der Waals surface area (Å²) in [4.78, 5) is 12.1. The van der Waals surface area contributed by atoms with Crippen LogP contribution in [0.3, 0.4) is 0 Å². The summed E-state index contributed by atoms with van der Waals surface area (Å²) >= 11 is 0. The number of ether oxygens (including phenoxy) is 1. The molecule has 0 saturated heterocycles. The maximum absolute atomic E-state index is 12.1. The molecule has 0 heterocycles. The SMILES string of the molecule is COc1ccc(C(=O)CC(C)CN)cc1C(C)C. The van der Waals surface area contributed by atoms with E-state index in [0.29, 0.717) is 18.9 Å². The number of carbonyl (C=O) groups is 1. The van der Waals surface area contributed by atoms with E-state index in [1.54, 1.807) is 7.11 Å². The number of nitrogens with two attached hydrogens (primary N) is 1. The zero-order valence-electron chi connectivity index (χ0n) is 11.7. The van der Waals surface area contributed by atoms with E-state index in [9.17, 15) is 4.79 Å². The van der Waals surface area contributed by atoms with E-state index < -0.39 is 0 Å². The third-order valence-corrected chi connectivity index (χ3v) is 3.11. The molecule has 18 heavy (non-hydrogen) atoms. The normalized spacial score (nSPS) is 12.6. The van der Waals surface area contributed by atoms with Crippen LogP contribution in [-0.2, 0) is 0 Å². The van der Waals surface area contributed by atoms with Crippen molar-refractivity contribution in [2.45, 2.75) is 33.1 Å². The van der Waals surface area contributed by atoms with E-state index >= 15 is 0 Å². The number of carbonyl (C=O) groups excluding carboxylic acids is 1. The molecule has 3 nitrogen and oxygen atoms in total. The molecule has 100 valence electrons. The molecule has 1 atom stereocenters. The number of Topliss-reactive ketones (excluding diaryl/α,β-unsaturated/α-hetero) is 1. The minimum absolute atomic E-state index is 0.150. The first-order valence-electron chi connectivity index (χ1n) is 6.40. The van der Waals surface area contributed by atoms with Gasteiger partial charge in [-0.1, -0.05) is 20.8 Å². The van der Waals surface area contributed by atoms with Crippen LogP contribution in [-0.4, -0.2) is 19.4 Å². The lowest BCUT2D eigenvalue weighted by atomic mass is 9.95. The molecule has 1 aromatic rings. The van der Waals surface area contributed by atoms with Gasteiger partial charge in [-0.15, -0.1) is 0 Å². The summed E-state index contributed by atoms with van der Waals surface area (Å²) in [5.41, 5.74) is 7.37. The summed E-state index contributed by atoms with van der Waals surface area (Å²) in [6.45, 7) is 6.72. The first-order valence-corrected chi connectivity index (χ1v) is 6.40. The van der Waals surface area contributed by atoms with Crippen LogP contribution >= 0.6 is 0 Å². The molecule has 0 spiro atoms. The van der Waals surface area contributed by atoms with Gasteiger partial charge in [-0.25, -0.2) is 0 Å². The number of methoxy groups -OCH3 is 1. The highest BCUT2D eigenvalue weighted by Gasteiger charge is 2.14. The minimum atomic E-state index is 0.150. The first-order chi connectivity index (χ1) is 8.49. The lowest BCUT2D eigenvalue weighted by molar-refractivity contribution is 0.0965. The van der Waals surface area contributed by atoms with Crippen molar-refractivity contribution in [2.24, 2.45) is 11.7 Å². The Morgan fingerprint density at radius 1 is 1.33 bits per heavy atom. The van der Waals surface area contributed by atoms with Crippen LogP contribution in [0.1, 0.15) is 49.0 Å². The van der Waals surface area contributed by atoms with Gasteiger partial charge in [-0.05, 0) is 42.1 Å². The predicted molar refractivity (Wildman–Crippen MR) is 74.2 cm³/mol. The standard InChI is InChI=1S/C15H23NO2/c1-10(2)13-8-12(5-6-15(13)18-4)14(17)7-11(3)9-16/h5-6,8,10-11H,7,9,16H2,1-4H3. The van der Waals surface area contributed by atoms with Crippen LogP contribution in [0.4, 0.5) is 0 Å². The third kappa shape index (κ3) is 3.57. The molecular formula is C15H23NO2. The summed E-state index contributed by atoms with van der Waals surface area (Å²) in [6.07, 6.45) is 0.500. The van der Waals surface area contributed by atoms with Crippen molar-refractivity contribution in [3.63, 3.8) is 0 Å². The molecule has 2 N–H and O–H groups in total. The number of ketones is 1. The van der Waals surface area contributed by atoms with Crippen LogP contribution < -0.4 is 10.5 Å². The molecule has 0 aliphatic heterocycles. The van der Waals surface area contributed by atoms with Gasteiger partial charge in [-0.3, -0.25) is 4.79 Å². The van der Waals surface area contributed by atoms with Gasteiger partial charge in [-0.2, -0.15) is 0 Å². The molecule has 0 saturated carbocycles. The Morgan fingerprint density at radius 3 is 2.50 bits per heavy atom. The average Bonchev–Trinajstić information content (AvgIpc) is 2.37. The second kappa shape index (κ2) is 6.55. The molecule has 0 fully saturated rings. The zero-order chi connectivity index (χ0) is 13.7. The highest BCUT2D eigenvalue weighted by Crippen LogP contribution is 2.27. The number of hydrogen-bond donors (Lipinski definition) is 1. The van der Waals surface area contributed by atoms with Crippen LogP contribution in [0.15, 0.2) is 18.2 Å². The molecule has 1 aromatic carbocycles. The second-order valence-electron chi connectivity index (χ2n) is 5.08. The molecule has 1 unspecified atom stereocenters. The van der Waals surface area contributed by atoms with Crippen LogP contribution in [0, 0.1) is 5.92 Å². The quantitative estimate of drug-likeness (QED) is 0.788. The van der Waals surface area contributed by atoms with Crippen LogP contribution in [0.2, 0.25) is 0 Å². The fourth-order valence-corrected chi connectivity index (χ4v) is 1.88. The summed E-state index contributed by atoms with van der Waals surface area (Å²) in [5.74, 6) is 1.55. The summed E-state index contributed by atoms with van der Waals surface area (Å²) in [7, 11) is 1.65. The number of hydrogen-bond acceptors (Lipinski definition) is 3. The molecule has 1 rings (SSSR count). The molecule has 0 aliphatic carbocycles. The topological polar surface area (TPSA) is 52.3 Å².